The Balaban J connectivity index is 1.25. The van der Waals surface area contributed by atoms with Crippen LogP contribution in [0.4, 0.5) is 0 Å². The van der Waals surface area contributed by atoms with Crippen molar-refractivity contribution in [2.45, 2.75) is 0 Å². The summed E-state index contributed by atoms with van der Waals surface area (Å²) in [7, 11) is 0. The van der Waals surface area contributed by atoms with Crippen molar-refractivity contribution in [3.63, 3.8) is 0 Å². The fraction of sp³-hybridized carbons (Fsp3) is 0. The standard InChI is InChI=1S/C38H24N4O/c39-37(30-12-6-13-32-35(30)36-33(43-32)14-7-21-40-36)42-38(28-9-2-1-3-10-28)41-23-24-15-16-26-18-20-27-19-17-25-8-4-5-11-29(25)34(27)31(26)22-24/h1-23,39H. The van der Waals surface area contributed by atoms with Crippen molar-refractivity contribution >= 4 is 72.3 Å². The molecule has 0 bridgehead atoms. The molecule has 0 saturated carbocycles. The lowest BCUT2D eigenvalue weighted by Crippen LogP contribution is -2.05. The van der Waals surface area contributed by atoms with Crippen LogP contribution in [0.3, 0.4) is 0 Å². The van der Waals surface area contributed by atoms with Gasteiger partial charge in [0.25, 0.3) is 0 Å². The van der Waals surface area contributed by atoms with Crippen LogP contribution in [-0.2, 0) is 0 Å². The van der Waals surface area contributed by atoms with E-state index in [4.69, 9.17) is 19.8 Å². The zero-order valence-corrected chi connectivity index (χ0v) is 23.0. The molecule has 0 unspecified atom stereocenters. The number of nitrogens with zero attached hydrogens (tertiary/aromatic N) is 3. The van der Waals surface area contributed by atoms with Gasteiger partial charge in [-0.05, 0) is 62.1 Å². The molecule has 2 aromatic heterocycles. The minimum Gasteiger partial charge on any atom is -0.454 e. The Kier molecular flexibility index (Phi) is 5.86. The topological polar surface area (TPSA) is 74.6 Å². The molecule has 202 valence electrons. The Bertz CT molecular complexity index is 2410. The highest BCUT2D eigenvalue weighted by molar-refractivity contribution is 6.22. The van der Waals surface area contributed by atoms with E-state index in [1.165, 1.54) is 32.3 Å². The summed E-state index contributed by atoms with van der Waals surface area (Å²) in [6, 6.07) is 42.7. The van der Waals surface area contributed by atoms with E-state index in [-0.39, 0.29) is 5.84 Å². The monoisotopic (exact) mass is 552 g/mol. The van der Waals surface area contributed by atoms with E-state index in [2.05, 4.69) is 71.7 Å². The summed E-state index contributed by atoms with van der Waals surface area (Å²) >= 11 is 0. The Morgan fingerprint density at radius 2 is 1.40 bits per heavy atom. The molecule has 0 atom stereocenters. The number of rotatable bonds is 3. The average molecular weight is 553 g/mol. The van der Waals surface area contributed by atoms with Gasteiger partial charge in [0.1, 0.15) is 11.1 Å². The first-order chi connectivity index (χ1) is 21.2. The second kappa shape index (κ2) is 10.2. The predicted molar refractivity (Wildman–Crippen MR) is 178 cm³/mol. The molecule has 0 aliphatic heterocycles. The van der Waals surface area contributed by atoms with Crippen LogP contribution in [0.15, 0.2) is 148 Å². The molecule has 8 rings (SSSR count). The maximum Gasteiger partial charge on any atom is 0.161 e. The molecule has 5 heteroatoms. The summed E-state index contributed by atoms with van der Waals surface area (Å²) in [5, 5.41) is 17.0. The van der Waals surface area contributed by atoms with E-state index in [1.807, 2.05) is 66.9 Å². The van der Waals surface area contributed by atoms with Crippen molar-refractivity contribution < 1.29 is 4.42 Å². The molecular weight excluding hydrogens is 528 g/mol. The first kappa shape index (κ1) is 24.8. The average Bonchev–Trinajstić information content (AvgIpc) is 3.45. The quantitative estimate of drug-likeness (QED) is 0.135. The molecule has 8 aromatic rings. The summed E-state index contributed by atoms with van der Waals surface area (Å²) in [6.45, 7) is 0. The minimum atomic E-state index is 0.0888. The molecule has 0 spiro atoms. The zero-order valence-electron chi connectivity index (χ0n) is 23.0. The fourth-order valence-corrected chi connectivity index (χ4v) is 5.82. The van der Waals surface area contributed by atoms with Gasteiger partial charge in [-0.2, -0.15) is 0 Å². The zero-order chi connectivity index (χ0) is 28.8. The largest absolute Gasteiger partial charge is 0.454 e. The van der Waals surface area contributed by atoms with Crippen molar-refractivity contribution in [1.82, 2.24) is 4.98 Å². The maximum atomic E-state index is 9.03. The molecule has 0 amide bonds. The number of furan rings is 1. The number of benzene rings is 6. The number of pyridine rings is 1. The fourth-order valence-electron chi connectivity index (χ4n) is 5.82. The Morgan fingerprint density at radius 1 is 0.651 bits per heavy atom. The molecular formula is C38H24N4O. The molecule has 0 aliphatic rings. The van der Waals surface area contributed by atoms with Crippen LogP contribution in [-0.4, -0.2) is 22.9 Å². The number of amidine groups is 2. The highest BCUT2D eigenvalue weighted by atomic mass is 16.3. The Labute approximate surface area is 247 Å². The van der Waals surface area contributed by atoms with Crippen LogP contribution in [0.1, 0.15) is 16.7 Å². The van der Waals surface area contributed by atoms with E-state index >= 15 is 0 Å². The highest BCUT2D eigenvalue weighted by Gasteiger charge is 2.15. The smallest absolute Gasteiger partial charge is 0.161 e. The summed E-state index contributed by atoms with van der Waals surface area (Å²) in [4.78, 5) is 14.1. The van der Waals surface area contributed by atoms with E-state index in [1.54, 1.807) is 6.20 Å². The molecule has 0 aliphatic carbocycles. The van der Waals surface area contributed by atoms with Crippen molar-refractivity contribution in [2.75, 3.05) is 0 Å². The van der Waals surface area contributed by atoms with E-state index in [0.29, 0.717) is 28.1 Å². The van der Waals surface area contributed by atoms with Gasteiger partial charge in [-0.15, -0.1) is 0 Å². The van der Waals surface area contributed by atoms with Gasteiger partial charge in [0.15, 0.2) is 17.3 Å². The molecule has 2 heterocycles. The van der Waals surface area contributed by atoms with Crippen molar-refractivity contribution in [3.05, 3.63) is 150 Å². The van der Waals surface area contributed by atoms with Crippen LogP contribution in [0.5, 0.6) is 0 Å². The van der Waals surface area contributed by atoms with Gasteiger partial charge in [-0.3, -0.25) is 10.4 Å². The Morgan fingerprint density at radius 3 is 2.28 bits per heavy atom. The molecule has 0 radical (unpaired) electrons. The molecule has 1 N–H and O–H groups in total. The first-order valence-electron chi connectivity index (χ1n) is 14.1. The van der Waals surface area contributed by atoms with Crippen molar-refractivity contribution in [3.8, 4) is 0 Å². The summed E-state index contributed by atoms with van der Waals surface area (Å²) < 4.78 is 5.99. The number of hydrogen-bond acceptors (Lipinski definition) is 3. The number of nitrogens with one attached hydrogen (secondary N) is 1. The maximum absolute atomic E-state index is 9.03. The number of hydrogen-bond donors (Lipinski definition) is 1. The lowest BCUT2D eigenvalue weighted by molar-refractivity contribution is 0.668. The van der Waals surface area contributed by atoms with Gasteiger partial charge in [0.05, 0.1) is 5.39 Å². The summed E-state index contributed by atoms with van der Waals surface area (Å²) in [6.07, 6.45) is 3.56. The lowest BCUT2D eigenvalue weighted by atomic mass is 9.95. The lowest BCUT2D eigenvalue weighted by Gasteiger charge is -2.09. The third-order valence-corrected chi connectivity index (χ3v) is 7.84. The molecule has 0 saturated heterocycles. The van der Waals surface area contributed by atoms with Crippen LogP contribution in [0, 0.1) is 5.41 Å². The van der Waals surface area contributed by atoms with Gasteiger partial charge in [-0.1, -0.05) is 103 Å². The van der Waals surface area contributed by atoms with Gasteiger partial charge < -0.3 is 4.42 Å². The van der Waals surface area contributed by atoms with Crippen LogP contribution >= 0.6 is 0 Å². The van der Waals surface area contributed by atoms with Gasteiger partial charge in [-0.25, -0.2) is 9.98 Å². The SMILES string of the molecule is N=C(N=C(N=Cc1ccc2ccc3ccc4ccccc4c3c2c1)c1ccccc1)c1cccc2oc3cccnc3c12. The van der Waals surface area contributed by atoms with E-state index in [0.717, 1.165) is 16.5 Å². The van der Waals surface area contributed by atoms with Crippen LogP contribution in [0.25, 0.3) is 54.4 Å². The number of aliphatic imine (C=N–C) groups is 2. The molecule has 5 nitrogen and oxygen atoms in total. The summed E-state index contributed by atoms with van der Waals surface area (Å²) in [5.74, 6) is 0.540. The number of aromatic nitrogens is 1. The van der Waals surface area contributed by atoms with Gasteiger partial charge in [0.2, 0.25) is 0 Å². The minimum absolute atomic E-state index is 0.0888. The predicted octanol–water partition coefficient (Wildman–Crippen LogP) is 9.33. The highest BCUT2D eigenvalue weighted by Crippen LogP contribution is 2.33. The second-order valence-corrected chi connectivity index (χ2v) is 10.5. The molecule has 43 heavy (non-hydrogen) atoms. The van der Waals surface area contributed by atoms with Crippen molar-refractivity contribution in [1.29, 1.82) is 5.41 Å². The second-order valence-electron chi connectivity index (χ2n) is 10.5. The third-order valence-electron chi connectivity index (χ3n) is 7.84. The van der Waals surface area contributed by atoms with Crippen molar-refractivity contribution in [2.24, 2.45) is 9.98 Å². The Hall–Kier alpha value is -5.94. The normalized spacial score (nSPS) is 12.3. The van der Waals surface area contributed by atoms with Crippen LogP contribution in [0.2, 0.25) is 0 Å². The molecule has 0 fully saturated rings. The van der Waals surface area contributed by atoms with Crippen LogP contribution < -0.4 is 0 Å². The van der Waals surface area contributed by atoms with E-state index in [9.17, 15) is 0 Å². The van der Waals surface area contributed by atoms with Gasteiger partial charge >= 0.3 is 0 Å². The van der Waals surface area contributed by atoms with E-state index < -0.39 is 0 Å². The van der Waals surface area contributed by atoms with Gasteiger partial charge in [0, 0.05) is 23.5 Å². The third kappa shape index (κ3) is 4.35. The summed E-state index contributed by atoms with van der Waals surface area (Å²) in [5.41, 5.74) is 4.49. The first-order valence-corrected chi connectivity index (χ1v) is 14.1. The molecule has 6 aromatic carbocycles. The number of fused-ring (bicyclic) bond motifs is 8.